The second-order valence-electron chi connectivity index (χ2n) is 5.27. The molecule has 0 aromatic carbocycles. The number of ether oxygens (including phenoxy) is 1. The molecule has 0 aliphatic carbocycles. The van der Waals surface area contributed by atoms with Crippen LogP contribution in [0.5, 0.6) is 0 Å². The van der Waals surface area contributed by atoms with Crippen LogP contribution in [0.4, 0.5) is 0 Å². The third-order valence-electron chi connectivity index (χ3n) is 3.29. The van der Waals surface area contributed by atoms with E-state index in [1.807, 2.05) is 6.92 Å². The lowest BCUT2D eigenvalue weighted by Gasteiger charge is -2.31. The van der Waals surface area contributed by atoms with E-state index in [4.69, 9.17) is 4.74 Å². The molecule has 2 N–H and O–H groups in total. The first-order valence-electron chi connectivity index (χ1n) is 7.44. The summed E-state index contributed by atoms with van der Waals surface area (Å²) in [6, 6.07) is 0.347. The molecule has 1 heterocycles. The topological polar surface area (TPSA) is 83.0 Å². The third kappa shape index (κ3) is 9.80. The van der Waals surface area contributed by atoms with Gasteiger partial charge in [-0.1, -0.05) is 0 Å². The molecule has 0 saturated carbocycles. The van der Waals surface area contributed by atoms with Gasteiger partial charge in [0.25, 0.3) is 0 Å². The Bertz CT molecular complexity index is 425. The molecule has 0 aromatic heterocycles. The minimum atomic E-state index is -2.95. The number of rotatable bonds is 7. The van der Waals surface area contributed by atoms with E-state index in [1.54, 1.807) is 0 Å². The second kappa shape index (κ2) is 11.4. The number of hydrogen-bond donors (Lipinski definition) is 2. The van der Waals surface area contributed by atoms with Crippen molar-refractivity contribution in [2.45, 2.75) is 19.9 Å². The van der Waals surface area contributed by atoms with Crippen molar-refractivity contribution in [3.8, 4) is 0 Å². The zero-order chi connectivity index (χ0) is 15.7. The fourth-order valence-corrected chi connectivity index (χ4v) is 2.53. The van der Waals surface area contributed by atoms with Crippen molar-refractivity contribution < 1.29 is 13.2 Å². The van der Waals surface area contributed by atoms with E-state index in [1.165, 1.54) is 6.26 Å². The van der Waals surface area contributed by atoms with Crippen LogP contribution in [0.1, 0.15) is 13.8 Å². The Labute approximate surface area is 151 Å². The molecule has 9 heteroatoms. The molecule has 0 amide bonds. The number of hydrogen-bond acceptors (Lipinski definition) is 5. The lowest BCUT2D eigenvalue weighted by Crippen LogP contribution is -2.45. The van der Waals surface area contributed by atoms with Gasteiger partial charge in [-0.2, -0.15) is 0 Å². The molecular weight excluding hydrogens is 419 g/mol. The fraction of sp³-hybridized carbons (Fsp3) is 0.923. The lowest BCUT2D eigenvalue weighted by molar-refractivity contribution is 0.0220. The van der Waals surface area contributed by atoms with Crippen molar-refractivity contribution in [1.29, 1.82) is 0 Å². The smallest absolute Gasteiger partial charge is 0.191 e. The van der Waals surface area contributed by atoms with Gasteiger partial charge in [0, 0.05) is 38.5 Å². The van der Waals surface area contributed by atoms with Crippen LogP contribution >= 0.6 is 24.0 Å². The quantitative estimate of drug-likeness (QED) is 0.322. The van der Waals surface area contributed by atoms with Gasteiger partial charge >= 0.3 is 0 Å². The number of halogens is 1. The monoisotopic (exact) mass is 448 g/mol. The Morgan fingerprint density at radius 1 is 1.32 bits per heavy atom. The number of nitrogens with zero attached hydrogens (tertiary/aromatic N) is 2. The molecule has 0 radical (unpaired) electrons. The van der Waals surface area contributed by atoms with E-state index in [-0.39, 0.29) is 29.7 Å². The molecule has 1 saturated heterocycles. The summed E-state index contributed by atoms with van der Waals surface area (Å²) in [6.45, 7) is 9.36. The molecule has 0 spiro atoms. The molecule has 1 rings (SSSR count). The van der Waals surface area contributed by atoms with E-state index in [0.717, 1.165) is 32.8 Å². The van der Waals surface area contributed by atoms with Crippen molar-refractivity contribution in [3.63, 3.8) is 0 Å². The molecule has 0 aromatic rings. The van der Waals surface area contributed by atoms with Crippen LogP contribution in [0.15, 0.2) is 4.99 Å². The first-order valence-corrected chi connectivity index (χ1v) is 9.50. The van der Waals surface area contributed by atoms with E-state index in [2.05, 4.69) is 27.4 Å². The SMILES string of the molecule is CCNC(=NCC(C)N1CCOCC1)NCCS(C)(=O)=O.I. The van der Waals surface area contributed by atoms with Crippen LogP contribution in [-0.2, 0) is 14.6 Å². The molecule has 1 unspecified atom stereocenters. The Balaban J connectivity index is 0.00000441. The summed E-state index contributed by atoms with van der Waals surface area (Å²) < 4.78 is 27.6. The van der Waals surface area contributed by atoms with Crippen molar-refractivity contribution in [3.05, 3.63) is 0 Å². The Hall–Kier alpha value is -0.130. The van der Waals surface area contributed by atoms with Crippen LogP contribution in [-0.4, -0.2) is 83.3 Å². The number of morpholine rings is 1. The predicted molar refractivity (Wildman–Crippen MR) is 101 cm³/mol. The number of aliphatic imine (C=N–C) groups is 1. The van der Waals surface area contributed by atoms with Crippen molar-refractivity contribution in [1.82, 2.24) is 15.5 Å². The Morgan fingerprint density at radius 2 is 1.95 bits per heavy atom. The van der Waals surface area contributed by atoms with E-state index in [0.29, 0.717) is 25.1 Å². The summed E-state index contributed by atoms with van der Waals surface area (Å²) in [6.07, 6.45) is 1.24. The zero-order valence-electron chi connectivity index (χ0n) is 13.7. The summed E-state index contributed by atoms with van der Waals surface area (Å²) in [7, 11) is -2.95. The summed E-state index contributed by atoms with van der Waals surface area (Å²) in [4.78, 5) is 6.88. The minimum Gasteiger partial charge on any atom is -0.379 e. The average Bonchev–Trinajstić information content (AvgIpc) is 2.44. The molecule has 7 nitrogen and oxygen atoms in total. The van der Waals surface area contributed by atoms with Gasteiger partial charge in [0.15, 0.2) is 5.96 Å². The van der Waals surface area contributed by atoms with Gasteiger partial charge in [0.05, 0.1) is 25.5 Å². The standard InChI is InChI=1S/C13H28N4O3S.HI/c1-4-14-13(15-5-10-21(3,18)19)16-11-12(2)17-6-8-20-9-7-17;/h12H,4-11H2,1-3H3,(H2,14,15,16);1H. The highest BCUT2D eigenvalue weighted by Gasteiger charge is 2.16. The molecule has 1 fully saturated rings. The first-order chi connectivity index (χ1) is 9.92. The maximum absolute atomic E-state index is 11.1. The van der Waals surface area contributed by atoms with Crippen molar-refractivity contribution in [2.75, 3.05) is 57.9 Å². The van der Waals surface area contributed by atoms with Crippen LogP contribution in [0, 0.1) is 0 Å². The summed E-state index contributed by atoms with van der Waals surface area (Å²) in [5.41, 5.74) is 0. The van der Waals surface area contributed by atoms with Gasteiger partial charge in [0.2, 0.25) is 0 Å². The normalized spacial score (nSPS) is 18.4. The molecular formula is C13H29IN4O3S. The fourth-order valence-electron chi connectivity index (χ4n) is 2.05. The van der Waals surface area contributed by atoms with Gasteiger partial charge in [-0.15, -0.1) is 24.0 Å². The summed E-state index contributed by atoms with van der Waals surface area (Å²) >= 11 is 0. The molecule has 0 bridgehead atoms. The predicted octanol–water partition coefficient (Wildman–Crippen LogP) is -0.0752. The van der Waals surface area contributed by atoms with Crippen LogP contribution in [0.3, 0.4) is 0 Å². The first kappa shape index (κ1) is 21.9. The zero-order valence-corrected chi connectivity index (χ0v) is 16.8. The molecule has 22 heavy (non-hydrogen) atoms. The largest absolute Gasteiger partial charge is 0.379 e. The van der Waals surface area contributed by atoms with Crippen LogP contribution in [0.2, 0.25) is 0 Å². The number of sulfone groups is 1. The van der Waals surface area contributed by atoms with Crippen molar-refractivity contribution in [2.24, 2.45) is 4.99 Å². The highest BCUT2D eigenvalue weighted by atomic mass is 127. The van der Waals surface area contributed by atoms with E-state index >= 15 is 0 Å². The van der Waals surface area contributed by atoms with Crippen molar-refractivity contribution >= 4 is 39.8 Å². The number of guanidine groups is 1. The van der Waals surface area contributed by atoms with Gasteiger partial charge in [-0.3, -0.25) is 9.89 Å². The van der Waals surface area contributed by atoms with E-state index < -0.39 is 9.84 Å². The van der Waals surface area contributed by atoms with Gasteiger partial charge < -0.3 is 15.4 Å². The Kier molecular flexibility index (Phi) is 11.3. The van der Waals surface area contributed by atoms with Gasteiger partial charge in [0.1, 0.15) is 9.84 Å². The maximum atomic E-state index is 11.1. The summed E-state index contributed by atoms with van der Waals surface area (Å²) in [5, 5.41) is 6.18. The molecule has 1 atom stereocenters. The third-order valence-corrected chi connectivity index (χ3v) is 4.24. The Morgan fingerprint density at radius 3 is 2.50 bits per heavy atom. The highest BCUT2D eigenvalue weighted by Crippen LogP contribution is 2.03. The molecule has 1 aliphatic heterocycles. The maximum Gasteiger partial charge on any atom is 0.191 e. The molecule has 132 valence electrons. The van der Waals surface area contributed by atoms with Gasteiger partial charge in [-0.05, 0) is 13.8 Å². The minimum absolute atomic E-state index is 0. The summed E-state index contributed by atoms with van der Waals surface area (Å²) in [5.74, 6) is 0.775. The van der Waals surface area contributed by atoms with Crippen LogP contribution < -0.4 is 10.6 Å². The van der Waals surface area contributed by atoms with Crippen LogP contribution in [0.25, 0.3) is 0 Å². The van der Waals surface area contributed by atoms with Gasteiger partial charge in [-0.25, -0.2) is 8.42 Å². The highest BCUT2D eigenvalue weighted by molar-refractivity contribution is 14.0. The molecule has 1 aliphatic rings. The average molecular weight is 448 g/mol. The second-order valence-corrected chi connectivity index (χ2v) is 7.53. The van der Waals surface area contributed by atoms with E-state index in [9.17, 15) is 8.42 Å². The number of nitrogens with one attached hydrogen (secondary N) is 2. The lowest BCUT2D eigenvalue weighted by atomic mass is 10.2.